The first-order valence-electron chi connectivity index (χ1n) is 12.5. The summed E-state index contributed by atoms with van der Waals surface area (Å²) in [4.78, 5) is 13.2. The predicted octanol–water partition coefficient (Wildman–Crippen LogP) is 5.23. The Balaban J connectivity index is 0.00000100. The monoisotopic (exact) mass is 500 g/mol. The van der Waals surface area contributed by atoms with Gasteiger partial charge in [-0.05, 0) is 43.9 Å². The SMILES string of the molecule is CCCCCC(c1ccc(C)cc1)C(C(=O)[O-])(c1ccc(C)cc1)c1ccc(C)cc1.[CH3][Al+][O][AlH2]. The van der Waals surface area contributed by atoms with Gasteiger partial charge in [-0.15, -0.1) is 0 Å². The Labute approximate surface area is 226 Å². The Morgan fingerprint density at radius 3 is 1.60 bits per heavy atom. The number of aryl methyl sites for hydroxylation is 3. The standard InChI is InChI=1S/C29H34O2.CH3.2Al.O.2H/c1-5-6-7-8-27(24-15-9-21(2)10-16-24)29(28(30)31,25-17-11-22(3)12-18-25)26-19-13-23(4)14-20-26;;;;;;/h9-20,27H,5-8H2,1-4H3,(H,30,31);1H3;;;;;/q;;;+1;;;/p-1. The summed E-state index contributed by atoms with van der Waals surface area (Å²) < 4.78 is 4.76. The van der Waals surface area contributed by atoms with Gasteiger partial charge in [0.2, 0.25) is 0 Å². The van der Waals surface area contributed by atoms with E-state index in [2.05, 4.69) is 43.9 Å². The number of hydrogen-bond donors (Lipinski definition) is 0. The molecule has 0 saturated heterocycles. The molecule has 5 heteroatoms. The molecule has 0 aliphatic heterocycles. The van der Waals surface area contributed by atoms with Gasteiger partial charge in [-0.1, -0.05) is 116 Å². The van der Waals surface area contributed by atoms with Gasteiger partial charge >= 0.3 is 40.8 Å². The van der Waals surface area contributed by atoms with E-state index < -0.39 is 11.4 Å². The Morgan fingerprint density at radius 2 is 1.26 bits per heavy atom. The number of unbranched alkanes of at least 4 members (excludes halogenated alkanes) is 2. The van der Waals surface area contributed by atoms with E-state index in [0.717, 1.165) is 70.1 Å². The molecule has 0 spiro atoms. The molecule has 3 rings (SSSR count). The predicted molar refractivity (Wildman–Crippen MR) is 147 cm³/mol. The Morgan fingerprint density at radius 1 is 0.857 bits per heavy atom. The molecule has 0 amide bonds. The van der Waals surface area contributed by atoms with Gasteiger partial charge in [0, 0.05) is 5.92 Å². The van der Waals surface area contributed by atoms with Crippen LogP contribution in [0.4, 0.5) is 0 Å². The first kappa shape index (κ1) is 29.4. The zero-order valence-corrected chi connectivity index (χ0v) is 25.3. The Hall–Kier alpha value is -1.85. The van der Waals surface area contributed by atoms with E-state index in [1.165, 1.54) is 5.56 Å². The normalized spacial score (nSPS) is 11.7. The molecular weight excluding hydrogens is 462 g/mol. The van der Waals surface area contributed by atoms with Crippen LogP contribution in [0.1, 0.15) is 71.9 Å². The number of carbonyl (C=O) groups excluding carboxylic acids is 1. The quantitative estimate of drug-likeness (QED) is 0.283. The molecule has 3 aromatic rings. The van der Waals surface area contributed by atoms with Crippen molar-refractivity contribution in [2.24, 2.45) is 0 Å². The van der Waals surface area contributed by atoms with Crippen LogP contribution >= 0.6 is 0 Å². The number of benzene rings is 3. The van der Waals surface area contributed by atoms with E-state index in [-0.39, 0.29) is 5.92 Å². The summed E-state index contributed by atoms with van der Waals surface area (Å²) in [6.45, 7) is 8.28. The topological polar surface area (TPSA) is 49.4 Å². The zero-order valence-electron chi connectivity index (χ0n) is 22.1. The average molecular weight is 501 g/mol. The molecule has 0 saturated carbocycles. The first-order valence-corrected chi connectivity index (χ1v) is 15.0. The van der Waals surface area contributed by atoms with E-state index >= 15 is 0 Å². The molecular formula is C30H38Al2O3. The van der Waals surface area contributed by atoms with Crippen molar-refractivity contribution in [3.05, 3.63) is 106 Å². The maximum atomic E-state index is 13.2. The third-order valence-corrected chi connectivity index (χ3v) is 8.56. The second-order valence-electron chi connectivity index (χ2n) is 9.26. The summed E-state index contributed by atoms with van der Waals surface area (Å²) in [6, 6.07) is 24.2. The third-order valence-electron chi connectivity index (χ3n) is 6.67. The molecule has 182 valence electrons. The van der Waals surface area contributed by atoms with E-state index in [9.17, 15) is 9.90 Å². The molecule has 1 unspecified atom stereocenters. The van der Waals surface area contributed by atoms with E-state index in [0.29, 0.717) is 15.6 Å². The van der Waals surface area contributed by atoms with Gasteiger partial charge < -0.3 is 9.90 Å². The number of aliphatic carboxylic acids is 1. The van der Waals surface area contributed by atoms with Gasteiger partial charge in [0.1, 0.15) is 0 Å². The van der Waals surface area contributed by atoms with Crippen molar-refractivity contribution in [3.8, 4) is 0 Å². The summed E-state index contributed by atoms with van der Waals surface area (Å²) in [7, 11) is 0. The summed E-state index contributed by atoms with van der Waals surface area (Å²) in [5, 5.41) is 13.2. The summed E-state index contributed by atoms with van der Waals surface area (Å²) in [5.41, 5.74) is 4.74. The van der Waals surface area contributed by atoms with E-state index in [1.807, 2.05) is 62.4 Å². The molecule has 0 bridgehead atoms. The van der Waals surface area contributed by atoms with Crippen molar-refractivity contribution in [2.45, 2.75) is 70.5 Å². The molecule has 0 aliphatic rings. The Kier molecular flexibility index (Phi) is 12.3. The van der Waals surface area contributed by atoms with Crippen molar-refractivity contribution >= 4 is 38.1 Å². The van der Waals surface area contributed by atoms with Crippen LogP contribution in [0.5, 0.6) is 0 Å². The van der Waals surface area contributed by atoms with Gasteiger partial charge in [-0.3, -0.25) is 0 Å². The molecule has 0 radical (unpaired) electrons. The fraction of sp³-hybridized carbons (Fsp3) is 0.367. The van der Waals surface area contributed by atoms with Crippen LogP contribution in [0.2, 0.25) is 5.79 Å². The maximum absolute atomic E-state index is 13.2. The van der Waals surface area contributed by atoms with Gasteiger partial charge in [0.25, 0.3) is 0 Å². The summed E-state index contributed by atoms with van der Waals surface area (Å²) >= 11 is 1.27. The fourth-order valence-corrected chi connectivity index (χ4v) is 4.61. The van der Waals surface area contributed by atoms with Crippen LogP contribution in [-0.4, -0.2) is 38.1 Å². The minimum absolute atomic E-state index is 0.227. The van der Waals surface area contributed by atoms with Crippen LogP contribution in [0, 0.1) is 20.8 Å². The third kappa shape index (κ3) is 7.57. The van der Waals surface area contributed by atoms with Crippen molar-refractivity contribution in [1.82, 2.24) is 0 Å². The fourth-order valence-electron chi connectivity index (χ4n) is 4.61. The van der Waals surface area contributed by atoms with Crippen molar-refractivity contribution in [1.29, 1.82) is 0 Å². The van der Waals surface area contributed by atoms with Crippen LogP contribution in [0.3, 0.4) is 0 Å². The van der Waals surface area contributed by atoms with Crippen LogP contribution < -0.4 is 5.11 Å². The van der Waals surface area contributed by atoms with Crippen LogP contribution in [0.15, 0.2) is 72.8 Å². The van der Waals surface area contributed by atoms with Crippen molar-refractivity contribution in [3.63, 3.8) is 0 Å². The minimum atomic E-state index is -1.26. The second kappa shape index (κ2) is 14.7. The number of hydrogen-bond acceptors (Lipinski definition) is 3. The Bertz CT molecular complexity index is 981. The first-order chi connectivity index (χ1) is 16.8. The van der Waals surface area contributed by atoms with Gasteiger partial charge in [0.05, 0.1) is 11.4 Å². The summed E-state index contributed by atoms with van der Waals surface area (Å²) in [5.74, 6) is 0.810. The van der Waals surface area contributed by atoms with Gasteiger partial charge in [-0.25, -0.2) is 0 Å². The molecule has 1 atom stereocenters. The molecule has 0 heterocycles. The van der Waals surface area contributed by atoms with Crippen LogP contribution in [-0.2, 0) is 13.0 Å². The molecule has 0 fully saturated rings. The van der Waals surface area contributed by atoms with E-state index in [4.69, 9.17) is 2.84 Å². The number of rotatable bonds is 10. The molecule has 3 aromatic carbocycles. The van der Waals surface area contributed by atoms with Crippen LogP contribution in [0.25, 0.3) is 0 Å². The zero-order chi connectivity index (χ0) is 25.8. The van der Waals surface area contributed by atoms with Crippen molar-refractivity contribution < 1.29 is 12.7 Å². The summed E-state index contributed by atoms with van der Waals surface area (Å²) in [6.07, 6.45) is 3.93. The molecule has 0 aliphatic carbocycles. The van der Waals surface area contributed by atoms with Gasteiger partial charge in [0.15, 0.2) is 0 Å². The average Bonchev–Trinajstić information content (AvgIpc) is 2.86. The molecule has 35 heavy (non-hydrogen) atoms. The number of carboxylic acids is 1. The molecule has 0 N–H and O–H groups in total. The number of carboxylic acid groups (broad SMARTS) is 1. The molecule has 0 aromatic heterocycles. The number of carbonyl (C=O) groups is 1. The van der Waals surface area contributed by atoms with E-state index in [1.54, 1.807) is 0 Å². The van der Waals surface area contributed by atoms with Gasteiger partial charge in [-0.2, -0.15) is 0 Å². The second-order valence-corrected chi connectivity index (χ2v) is 11.6. The molecule has 3 nitrogen and oxygen atoms in total. The van der Waals surface area contributed by atoms with Crippen molar-refractivity contribution in [2.75, 3.05) is 0 Å².